The molecule has 0 aromatic rings. The maximum atomic E-state index is 9.35. The molecule has 1 atom stereocenters. The molecular weight excluding hydrogens is 248 g/mol. The molecule has 3 nitrogen and oxygen atoms in total. The Labute approximate surface area is 126 Å². The molecule has 0 bridgehead atoms. The highest BCUT2D eigenvalue weighted by Crippen LogP contribution is 2.39. The van der Waals surface area contributed by atoms with Crippen LogP contribution in [-0.2, 0) is 0 Å². The van der Waals surface area contributed by atoms with E-state index in [1.165, 1.54) is 25.7 Å². The fourth-order valence-corrected chi connectivity index (χ4v) is 3.22. The van der Waals surface area contributed by atoms with Crippen LogP contribution in [0.3, 0.4) is 0 Å². The quantitative estimate of drug-likeness (QED) is 0.719. The van der Waals surface area contributed by atoms with Gasteiger partial charge in [-0.25, -0.2) is 0 Å². The molecule has 120 valence electrons. The normalized spacial score (nSPS) is 29.1. The van der Waals surface area contributed by atoms with Crippen LogP contribution in [-0.4, -0.2) is 49.3 Å². The van der Waals surface area contributed by atoms with Gasteiger partial charge in [-0.15, -0.1) is 0 Å². The van der Waals surface area contributed by atoms with Gasteiger partial charge in [0.15, 0.2) is 0 Å². The van der Waals surface area contributed by atoms with Crippen LogP contribution >= 0.6 is 0 Å². The summed E-state index contributed by atoms with van der Waals surface area (Å²) in [5.74, 6) is 1.59. The first kappa shape index (κ1) is 17.9. The summed E-state index contributed by atoms with van der Waals surface area (Å²) in [5, 5.41) is 13.0. The summed E-state index contributed by atoms with van der Waals surface area (Å²) in [5.41, 5.74) is 0.402. The molecule has 0 aromatic heterocycles. The third-order valence-corrected chi connectivity index (χ3v) is 4.99. The Kier molecular flexibility index (Phi) is 7.49. The lowest BCUT2D eigenvalue weighted by molar-refractivity contribution is 0.0642. The molecule has 1 aliphatic carbocycles. The predicted octanol–water partition coefficient (Wildman–Crippen LogP) is 2.74. The molecule has 2 N–H and O–H groups in total. The fraction of sp³-hybridized carbons (Fsp3) is 1.00. The number of nitrogens with zero attached hydrogens (tertiary/aromatic N) is 1. The standard InChI is InChI=1S/C17H36N2O/c1-14(2)10-18-12-17(8-6-15(3)7-9-17)13-19(5)16(4)11-20/h14-16,18,20H,6-13H2,1-5H3. The highest BCUT2D eigenvalue weighted by atomic mass is 16.3. The van der Waals surface area contributed by atoms with E-state index in [2.05, 4.69) is 45.0 Å². The zero-order chi connectivity index (χ0) is 15.2. The molecule has 0 spiro atoms. The lowest BCUT2D eigenvalue weighted by Gasteiger charge is -2.43. The average Bonchev–Trinajstić information content (AvgIpc) is 2.40. The van der Waals surface area contributed by atoms with E-state index < -0.39 is 0 Å². The smallest absolute Gasteiger partial charge is 0.0584 e. The van der Waals surface area contributed by atoms with E-state index in [1.807, 2.05) is 0 Å². The van der Waals surface area contributed by atoms with E-state index in [9.17, 15) is 5.11 Å². The SMILES string of the molecule is CC(C)CNCC1(CN(C)C(C)CO)CCC(C)CC1. The van der Waals surface area contributed by atoms with Crippen molar-refractivity contribution in [3.05, 3.63) is 0 Å². The van der Waals surface area contributed by atoms with E-state index in [1.54, 1.807) is 0 Å². The summed E-state index contributed by atoms with van der Waals surface area (Å²) in [7, 11) is 2.16. The fourth-order valence-electron chi connectivity index (χ4n) is 3.22. The van der Waals surface area contributed by atoms with Gasteiger partial charge < -0.3 is 15.3 Å². The van der Waals surface area contributed by atoms with Crippen molar-refractivity contribution in [3.8, 4) is 0 Å². The Morgan fingerprint density at radius 2 is 1.85 bits per heavy atom. The molecular formula is C17H36N2O. The molecule has 0 aromatic carbocycles. The first-order valence-corrected chi connectivity index (χ1v) is 8.40. The Bertz CT molecular complexity index is 260. The maximum Gasteiger partial charge on any atom is 0.0584 e. The second kappa shape index (κ2) is 8.35. The van der Waals surface area contributed by atoms with Crippen molar-refractivity contribution in [1.82, 2.24) is 10.2 Å². The van der Waals surface area contributed by atoms with Gasteiger partial charge >= 0.3 is 0 Å². The van der Waals surface area contributed by atoms with Crippen LogP contribution in [0.1, 0.15) is 53.4 Å². The summed E-state index contributed by atoms with van der Waals surface area (Å²) in [6.07, 6.45) is 5.35. The molecule has 1 fully saturated rings. The van der Waals surface area contributed by atoms with E-state index in [0.717, 1.165) is 25.6 Å². The number of nitrogens with one attached hydrogen (secondary N) is 1. The van der Waals surface area contributed by atoms with Gasteiger partial charge in [-0.2, -0.15) is 0 Å². The van der Waals surface area contributed by atoms with Crippen molar-refractivity contribution in [2.45, 2.75) is 59.4 Å². The van der Waals surface area contributed by atoms with E-state index in [4.69, 9.17) is 0 Å². The number of rotatable bonds is 8. The molecule has 1 unspecified atom stereocenters. The summed E-state index contributed by atoms with van der Waals surface area (Å²) in [4.78, 5) is 2.34. The third-order valence-electron chi connectivity index (χ3n) is 4.99. The summed E-state index contributed by atoms with van der Waals surface area (Å²) >= 11 is 0. The Morgan fingerprint density at radius 1 is 1.25 bits per heavy atom. The highest BCUT2D eigenvalue weighted by Gasteiger charge is 2.35. The van der Waals surface area contributed by atoms with Crippen LogP contribution in [0.4, 0.5) is 0 Å². The minimum atomic E-state index is 0.252. The van der Waals surface area contributed by atoms with Gasteiger partial charge in [0.25, 0.3) is 0 Å². The molecule has 0 aliphatic heterocycles. The van der Waals surface area contributed by atoms with Crippen LogP contribution in [0, 0.1) is 17.3 Å². The number of aliphatic hydroxyl groups excluding tert-OH is 1. The topological polar surface area (TPSA) is 35.5 Å². The van der Waals surface area contributed by atoms with E-state index in [0.29, 0.717) is 11.3 Å². The second-order valence-electron chi connectivity index (χ2n) is 7.65. The molecule has 0 amide bonds. The van der Waals surface area contributed by atoms with Gasteiger partial charge in [-0.05, 0) is 50.6 Å². The maximum absolute atomic E-state index is 9.35. The van der Waals surface area contributed by atoms with Crippen LogP contribution < -0.4 is 5.32 Å². The monoisotopic (exact) mass is 284 g/mol. The van der Waals surface area contributed by atoms with Gasteiger partial charge in [-0.1, -0.05) is 33.6 Å². The lowest BCUT2D eigenvalue weighted by atomic mass is 9.70. The van der Waals surface area contributed by atoms with Crippen LogP contribution in [0.15, 0.2) is 0 Å². The van der Waals surface area contributed by atoms with Gasteiger partial charge in [0.2, 0.25) is 0 Å². The highest BCUT2D eigenvalue weighted by molar-refractivity contribution is 4.89. The van der Waals surface area contributed by atoms with Crippen molar-refractivity contribution in [2.75, 3.05) is 33.3 Å². The zero-order valence-electron chi connectivity index (χ0n) is 14.3. The van der Waals surface area contributed by atoms with Gasteiger partial charge in [0.1, 0.15) is 0 Å². The van der Waals surface area contributed by atoms with Crippen LogP contribution in [0.25, 0.3) is 0 Å². The van der Waals surface area contributed by atoms with Crippen molar-refractivity contribution in [2.24, 2.45) is 17.3 Å². The molecule has 3 heteroatoms. The van der Waals surface area contributed by atoms with E-state index >= 15 is 0 Å². The molecule has 1 saturated carbocycles. The molecule has 1 aliphatic rings. The third kappa shape index (κ3) is 5.71. The summed E-state index contributed by atoms with van der Waals surface area (Å²) in [6, 6.07) is 0.260. The molecule has 0 heterocycles. The summed E-state index contributed by atoms with van der Waals surface area (Å²) in [6.45, 7) is 12.6. The lowest BCUT2D eigenvalue weighted by Crippen LogP contribution is -2.48. The van der Waals surface area contributed by atoms with Gasteiger partial charge in [-0.3, -0.25) is 0 Å². The minimum absolute atomic E-state index is 0.252. The largest absolute Gasteiger partial charge is 0.395 e. The van der Waals surface area contributed by atoms with Crippen molar-refractivity contribution >= 4 is 0 Å². The van der Waals surface area contributed by atoms with Gasteiger partial charge in [0, 0.05) is 19.1 Å². The minimum Gasteiger partial charge on any atom is -0.395 e. The second-order valence-corrected chi connectivity index (χ2v) is 7.65. The van der Waals surface area contributed by atoms with Crippen molar-refractivity contribution < 1.29 is 5.11 Å². The summed E-state index contributed by atoms with van der Waals surface area (Å²) < 4.78 is 0. The van der Waals surface area contributed by atoms with Crippen LogP contribution in [0.2, 0.25) is 0 Å². The van der Waals surface area contributed by atoms with Gasteiger partial charge in [0.05, 0.1) is 6.61 Å². The molecule has 1 rings (SSSR count). The van der Waals surface area contributed by atoms with E-state index in [-0.39, 0.29) is 12.6 Å². The first-order valence-electron chi connectivity index (χ1n) is 8.40. The number of likely N-dealkylation sites (N-methyl/N-ethyl adjacent to an activating group) is 1. The Hall–Kier alpha value is -0.120. The van der Waals surface area contributed by atoms with Crippen molar-refractivity contribution in [3.63, 3.8) is 0 Å². The average molecular weight is 284 g/mol. The molecule has 20 heavy (non-hydrogen) atoms. The molecule has 0 radical (unpaired) electrons. The van der Waals surface area contributed by atoms with Crippen LogP contribution in [0.5, 0.6) is 0 Å². The van der Waals surface area contributed by atoms with Crippen molar-refractivity contribution in [1.29, 1.82) is 0 Å². The first-order chi connectivity index (χ1) is 9.38. The zero-order valence-corrected chi connectivity index (χ0v) is 14.3. The number of aliphatic hydroxyl groups is 1. The number of hydrogen-bond acceptors (Lipinski definition) is 3. The number of hydrogen-bond donors (Lipinski definition) is 2. The molecule has 0 saturated heterocycles. The predicted molar refractivity (Wildman–Crippen MR) is 87.0 cm³/mol. The Morgan fingerprint density at radius 3 is 2.35 bits per heavy atom. The Balaban J connectivity index is 2.59.